The minimum atomic E-state index is 0. The van der Waals surface area contributed by atoms with E-state index < -0.39 is 0 Å². The third kappa shape index (κ3) is 127. The summed E-state index contributed by atoms with van der Waals surface area (Å²) in [5, 5.41) is 0. The van der Waals surface area contributed by atoms with Crippen molar-refractivity contribution in [3.05, 3.63) is 12.8 Å². The molecule has 0 spiro atoms. The van der Waals surface area contributed by atoms with Crippen molar-refractivity contribution >= 4 is 0 Å². The van der Waals surface area contributed by atoms with Crippen LogP contribution in [-0.2, 0) is 687 Å². The number of hydrogen-bond acceptors (Lipinski definition) is 0. The first-order valence-corrected chi connectivity index (χ1v) is 3.31. The van der Waals surface area contributed by atoms with Crippen LogP contribution in [0.3, 0.4) is 0 Å². The molecule has 0 nitrogen and oxygen atoms in total. The van der Waals surface area contributed by atoms with Gasteiger partial charge in [0, 0.05) is 687 Å². The second-order valence-electron chi connectivity index (χ2n) is 2.38. The molecule has 0 saturated carbocycles. The van der Waals surface area contributed by atoms with Crippen molar-refractivity contribution < 1.29 is 687 Å². The van der Waals surface area contributed by atoms with E-state index in [0.29, 0.717) is 0 Å². The first-order valence-electron chi connectivity index (χ1n) is 3.31. The predicted molar refractivity (Wildman–Crippen MR) is 38.3 cm³/mol. The van der Waals surface area contributed by atoms with Gasteiger partial charge in [-0.3, -0.25) is 0 Å². The van der Waals surface area contributed by atoms with Gasteiger partial charge < -0.3 is 12.8 Å². The molecule has 0 fully saturated rings. The second-order valence-corrected chi connectivity index (χ2v) is 2.38. The van der Waals surface area contributed by atoms with Crippen LogP contribution in [0.2, 0.25) is 0 Å². The predicted octanol–water partition coefficient (Wildman–Crippen LogP) is 2.65. The van der Waals surface area contributed by atoms with Crippen molar-refractivity contribution in [3.8, 4) is 0 Å². The molecule has 0 aliphatic heterocycles. The third-order valence-electron chi connectivity index (χ3n) is 1.88. The van der Waals surface area contributed by atoms with E-state index in [0.717, 1.165) is 11.8 Å². The zero-order valence-electron chi connectivity index (χ0n) is 18.4. The Hall–Kier alpha value is 23.2. The van der Waals surface area contributed by atoms with Crippen LogP contribution >= 0.6 is 0 Å². The van der Waals surface area contributed by atoms with E-state index in [9.17, 15) is 0 Å². The van der Waals surface area contributed by atoms with Crippen molar-refractivity contribution in [3.63, 3.8) is 0 Å². The van der Waals surface area contributed by atoms with E-state index >= 15 is 0 Å². The van der Waals surface area contributed by atoms with Gasteiger partial charge in [-0.25, -0.2) is 0 Å². The minimum absolute atomic E-state index is 0. The minimum Gasteiger partial charge on any atom is -0.331 e. The van der Waals surface area contributed by atoms with Crippen molar-refractivity contribution in [2.24, 2.45) is 11.8 Å². The standard InChI is InChI=1S/C8H16.21Y/c1-5-7(3)8(4)6-2;;;;;;;;;;;;;;;;;;;;;/h5-8H,1-4H3;;;;;;;;;;;;;;;;;;;;;/q-2;;;;;;;;;;;;;;;;;;;;;/t7-,8+;;;;;;;;;;;;;;;;;;;;;. The first-order chi connectivity index (χ1) is 3.72. The molecule has 0 aliphatic carbocycles. The fourth-order valence-electron chi connectivity index (χ4n) is 0.607. The van der Waals surface area contributed by atoms with Crippen molar-refractivity contribution in [2.45, 2.75) is 27.7 Å². The number of hydrogen-bond donors (Lipinski definition) is 0. The molecule has 0 bridgehead atoms. The summed E-state index contributed by atoms with van der Waals surface area (Å²) in [4.78, 5) is 0. The Balaban J connectivity index is -0.00000000117. The molecule has 0 unspecified atom stereocenters. The maximum absolute atomic E-state index is 2.24. The van der Waals surface area contributed by atoms with Gasteiger partial charge in [-0.15, -0.1) is 0 Å². The topological polar surface area (TPSA) is 0 Å². The Bertz CT molecular complexity index is 64.6. The Labute approximate surface area is 712 Å². The van der Waals surface area contributed by atoms with Gasteiger partial charge >= 0.3 is 0 Å². The van der Waals surface area contributed by atoms with Crippen LogP contribution in [0.4, 0.5) is 0 Å². The van der Waals surface area contributed by atoms with Gasteiger partial charge in [0.1, 0.15) is 0 Å². The van der Waals surface area contributed by atoms with E-state index in [1.54, 1.807) is 0 Å². The largest absolute Gasteiger partial charge is 0.331 e. The molecule has 29 heavy (non-hydrogen) atoms. The normalized spacial score (nSPS) is 4.97. The van der Waals surface area contributed by atoms with Crippen LogP contribution in [-0.4, -0.2) is 0 Å². The second kappa shape index (κ2) is 133. The summed E-state index contributed by atoms with van der Waals surface area (Å²) in [6, 6.07) is 0. The average molecular weight is 1980 g/mol. The molecule has 21 radical (unpaired) electrons. The van der Waals surface area contributed by atoms with Crippen LogP contribution < -0.4 is 0 Å². The SMILES string of the molecule is C[CH-][C@@H](C)[C@@H](C)[CH-]C.[Y].[Y].[Y].[Y].[Y].[Y].[Y].[Y].[Y].[Y].[Y].[Y].[Y].[Y].[Y].[Y].[Y].[Y].[Y].[Y].[Y]. The van der Waals surface area contributed by atoms with E-state index in [4.69, 9.17) is 0 Å². The van der Waals surface area contributed by atoms with Crippen LogP contribution in [0.25, 0.3) is 0 Å². The molecule has 2 atom stereocenters. The molecule has 0 aromatic heterocycles. The van der Waals surface area contributed by atoms with Gasteiger partial charge in [0.15, 0.2) is 0 Å². The summed E-state index contributed by atoms with van der Waals surface area (Å²) in [6.45, 7) is 8.71. The van der Waals surface area contributed by atoms with Crippen LogP contribution in [0.5, 0.6) is 0 Å². The molecule has 0 aromatic carbocycles. The molecule has 0 aromatic rings. The molecule has 113 valence electrons. The Kier molecular flexibility index (Phi) is 686. The van der Waals surface area contributed by atoms with Gasteiger partial charge in [0.2, 0.25) is 0 Å². The zero-order valence-corrected chi connectivity index (χ0v) is 78.0. The van der Waals surface area contributed by atoms with E-state index in [1.807, 2.05) is 0 Å². The molecule has 0 saturated heterocycles. The van der Waals surface area contributed by atoms with Gasteiger partial charge in [0.05, 0.1) is 0 Å². The summed E-state index contributed by atoms with van der Waals surface area (Å²) in [6.07, 6.45) is 4.48. The molecule has 0 rings (SSSR count). The maximum Gasteiger partial charge on any atom is 0 e. The number of rotatable bonds is 3. The molecule has 21 heteroatoms. The summed E-state index contributed by atoms with van der Waals surface area (Å²) < 4.78 is 0. The summed E-state index contributed by atoms with van der Waals surface area (Å²) in [7, 11) is 0. The van der Waals surface area contributed by atoms with Crippen LogP contribution in [0.15, 0.2) is 0 Å². The van der Waals surface area contributed by atoms with Gasteiger partial charge in [-0.2, -0.15) is 25.7 Å². The molecule has 0 amide bonds. The zero-order chi connectivity index (χ0) is 6.57. The van der Waals surface area contributed by atoms with Gasteiger partial charge in [0.25, 0.3) is 0 Å². The molecule has 0 heterocycles. The summed E-state index contributed by atoms with van der Waals surface area (Å²) in [5.74, 6) is 1.47. The van der Waals surface area contributed by atoms with E-state index in [2.05, 4.69) is 40.5 Å². The van der Waals surface area contributed by atoms with Crippen molar-refractivity contribution in [1.29, 1.82) is 0 Å². The Morgan fingerprint density at radius 2 is 0.345 bits per heavy atom. The van der Waals surface area contributed by atoms with Gasteiger partial charge in [-0.05, 0) is 0 Å². The monoisotopic (exact) mass is 1980 g/mol. The van der Waals surface area contributed by atoms with Crippen LogP contribution in [0, 0.1) is 24.7 Å². The smallest absolute Gasteiger partial charge is 0 e. The molecular formula is C8H16Y21-2. The Morgan fingerprint density at radius 1 is 0.276 bits per heavy atom. The molecule has 0 aliphatic rings. The van der Waals surface area contributed by atoms with E-state index in [-0.39, 0.29) is 687 Å². The quantitative estimate of drug-likeness (QED) is 0.382. The fraction of sp³-hybridized carbons (Fsp3) is 0.750. The molecular weight excluding hydrogens is 1960 g/mol. The maximum atomic E-state index is 2.24. The third-order valence-corrected chi connectivity index (χ3v) is 1.88. The van der Waals surface area contributed by atoms with E-state index in [1.165, 1.54) is 0 Å². The van der Waals surface area contributed by atoms with Crippen molar-refractivity contribution in [2.75, 3.05) is 0 Å². The van der Waals surface area contributed by atoms with Crippen molar-refractivity contribution in [1.82, 2.24) is 0 Å². The first kappa shape index (κ1) is 150. The van der Waals surface area contributed by atoms with Gasteiger partial charge in [-0.1, -0.05) is 13.8 Å². The summed E-state index contributed by atoms with van der Waals surface area (Å²) in [5.41, 5.74) is 0. The average Bonchev–Trinajstić information content (AvgIpc) is 1.84. The summed E-state index contributed by atoms with van der Waals surface area (Å²) >= 11 is 0. The van der Waals surface area contributed by atoms with Crippen LogP contribution in [0.1, 0.15) is 27.7 Å². The fourth-order valence-corrected chi connectivity index (χ4v) is 0.607. The Morgan fingerprint density at radius 3 is 0.379 bits per heavy atom. The molecule has 0 N–H and O–H groups in total.